The van der Waals surface area contributed by atoms with Crippen molar-refractivity contribution >= 4 is 54.8 Å². The summed E-state index contributed by atoms with van der Waals surface area (Å²) in [6, 6.07) is 23.2. The molecule has 0 fully saturated rings. The van der Waals surface area contributed by atoms with Crippen molar-refractivity contribution in [1.29, 1.82) is 0 Å². The molecule has 2 aromatic heterocycles. The highest BCUT2D eigenvalue weighted by molar-refractivity contribution is 7.92. The smallest absolute Gasteiger partial charge is 0.280 e. The van der Waals surface area contributed by atoms with E-state index in [2.05, 4.69) is 19.4 Å². The summed E-state index contributed by atoms with van der Waals surface area (Å²) in [6.45, 7) is 1.69. The second-order valence-corrected chi connectivity index (χ2v) is 11.7. The van der Waals surface area contributed by atoms with Gasteiger partial charge in [0.25, 0.3) is 15.9 Å². The van der Waals surface area contributed by atoms with Gasteiger partial charge in [0, 0.05) is 11.2 Å². The summed E-state index contributed by atoms with van der Waals surface area (Å²) in [7, 11) is -4.21. The number of anilines is 1. The standard InChI is InChI=1S/C28H23ClN4O4S2/c1-18(28(35,19-8-4-2-5-9-19)20-10-6-3-7-11-20)32-26(34)22-13-12-21(29)16-24(22)33-39(36,37)27-23-17-31-38-25(23)14-15-30-27/h2-18,33,35H,1H3,(H,32,34)/t18-/m0/s1. The Morgan fingerprint density at radius 2 is 1.64 bits per heavy atom. The molecule has 39 heavy (non-hydrogen) atoms. The maximum atomic E-state index is 13.6. The summed E-state index contributed by atoms with van der Waals surface area (Å²) in [4.78, 5) is 17.6. The number of pyridine rings is 1. The fraction of sp³-hybridized carbons (Fsp3) is 0.107. The monoisotopic (exact) mass is 578 g/mol. The van der Waals surface area contributed by atoms with Crippen LogP contribution in [0.2, 0.25) is 5.02 Å². The molecule has 5 rings (SSSR count). The van der Waals surface area contributed by atoms with E-state index in [0.29, 0.717) is 21.2 Å². The molecule has 0 aliphatic heterocycles. The second-order valence-electron chi connectivity index (χ2n) is 8.84. The minimum absolute atomic E-state index is 0.0221. The van der Waals surface area contributed by atoms with E-state index in [-0.39, 0.29) is 21.3 Å². The van der Waals surface area contributed by atoms with Gasteiger partial charge in [0.05, 0.1) is 33.6 Å². The van der Waals surface area contributed by atoms with E-state index in [9.17, 15) is 18.3 Å². The lowest BCUT2D eigenvalue weighted by atomic mass is 9.80. The van der Waals surface area contributed by atoms with Crippen LogP contribution in [-0.4, -0.2) is 34.8 Å². The first-order valence-corrected chi connectivity index (χ1v) is 14.5. The highest BCUT2D eigenvalue weighted by Crippen LogP contribution is 2.34. The SMILES string of the molecule is C[C@H](NC(=O)c1ccc(Cl)cc1NS(=O)(=O)c1nccc2sncc12)C(O)(c1ccccc1)c1ccccc1. The lowest BCUT2D eigenvalue weighted by molar-refractivity contribution is 0.0405. The molecule has 0 spiro atoms. The van der Waals surface area contributed by atoms with Crippen molar-refractivity contribution in [2.45, 2.75) is 23.6 Å². The van der Waals surface area contributed by atoms with Crippen LogP contribution in [-0.2, 0) is 15.6 Å². The lowest BCUT2D eigenvalue weighted by Gasteiger charge is -2.36. The molecule has 0 aliphatic carbocycles. The van der Waals surface area contributed by atoms with E-state index in [0.717, 1.165) is 11.5 Å². The number of fused-ring (bicyclic) bond motifs is 1. The van der Waals surface area contributed by atoms with Gasteiger partial charge in [0.2, 0.25) is 0 Å². The van der Waals surface area contributed by atoms with Crippen LogP contribution in [0, 0.1) is 0 Å². The van der Waals surface area contributed by atoms with Crippen LogP contribution >= 0.6 is 23.1 Å². The third kappa shape index (κ3) is 5.24. The first kappa shape index (κ1) is 26.8. The number of amides is 1. The highest BCUT2D eigenvalue weighted by Gasteiger charge is 2.39. The zero-order valence-electron chi connectivity index (χ0n) is 20.6. The Labute approximate surface area is 234 Å². The van der Waals surface area contributed by atoms with Gasteiger partial charge in [-0.25, -0.2) is 4.98 Å². The third-order valence-electron chi connectivity index (χ3n) is 6.37. The fourth-order valence-corrected chi connectivity index (χ4v) is 6.49. The van der Waals surface area contributed by atoms with Crippen LogP contribution in [0.1, 0.15) is 28.4 Å². The van der Waals surface area contributed by atoms with E-state index in [1.54, 1.807) is 61.5 Å². The Bertz CT molecular complexity index is 1710. The molecule has 11 heteroatoms. The van der Waals surface area contributed by atoms with Gasteiger partial charge in [-0.15, -0.1) is 0 Å². The number of halogens is 1. The number of carbonyl (C=O) groups excluding carboxylic acids is 1. The number of sulfonamides is 1. The molecule has 8 nitrogen and oxygen atoms in total. The molecule has 3 N–H and O–H groups in total. The average molecular weight is 579 g/mol. The first-order valence-electron chi connectivity index (χ1n) is 11.9. The summed E-state index contributed by atoms with van der Waals surface area (Å²) >= 11 is 7.33. The van der Waals surface area contributed by atoms with E-state index in [1.165, 1.54) is 30.6 Å². The van der Waals surface area contributed by atoms with Crippen LogP contribution in [0.25, 0.3) is 10.1 Å². The van der Waals surface area contributed by atoms with Gasteiger partial charge in [0.15, 0.2) is 5.03 Å². The zero-order chi connectivity index (χ0) is 27.6. The van der Waals surface area contributed by atoms with Gasteiger partial charge < -0.3 is 10.4 Å². The Balaban J connectivity index is 1.49. The maximum Gasteiger partial charge on any atom is 0.280 e. The molecular weight excluding hydrogens is 556 g/mol. The number of hydrogen-bond acceptors (Lipinski definition) is 7. The fourth-order valence-electron chi connectivity index (χ4n) is 4.41. The molecule has 0 aliphatic rings. The summed E-state index contributed by atoms with van der Waals surface area (Å²) in [5.74, 6) is -0.606. The zero-order valence-corrected chi connectivity index (χ0v) is 23.0. The highest BCUT2D eigenvalue weighted by atomic mass is 35.5. The number of rotatable bonds is 8. The molecule has 3 aromatic carbocycles. The van der Waals surface area contributed by atoms with Crippen molar-refractivity contribution < 1.29 is 18.3 Å². The van der Waals surface area contributed by atoms with Crippen LogP contribution < -0.4 is 10.0 Å². The van der Waals surface area contributed by atoms with Crippen LogP contribution in [0.15, 0.2) is 102 Å². The van der Waals surface area contributed by atoms with E-state index in [4.69, 9.17) is 11.6 Å². The molecule has 2 heterocycles. The lowest BCUT2D eigenvalue weighted by Crippen LogP contribution is -2.49. The third-order valence-corrected chi connectivity index (χ3v) is 8.70. The summed E-state index contributed by atoms with van der Waals surface area (Å²) < 4.78 is 33.8. The van der Waals surface area contributed by atoms with Crippen molar-refractivity contribution in [2.75, 3.05) is 4.72 Å². The van der Waals surface area contributed by atoms with Crippen molar-refractivity contribution in [1.82, 2.24) is 14.7 Å². The number of aliphatic hydroxyl groups is 1. The Kier molecular flexibility index (Phi) is 7.37. The number of carbonyl (C=O) groups is 1. The largest absolute Gasteiger partial charge is 0.378 e. The molecule has 1 atom stereocenters. The quantitative estimate of drug-likeness (QED) is 0.233. The summed E-state index contributed by atoms with van der Waals surface area (Å²) in [6.07, 6.45) is 2.82. The first-order chi connectivity index (χ1) is 18.7. The second kappa shape index (κ2) is 10.7. The number of hydrogen-bond donors (Lipinski definition) is 3. The van der Waals surface area contributed by atoms with Crippen LogP contribution in [0.5, 0.6) is 0 Å². The van der Waals surface area contributed by atoms with E-state index >= 15 is 0 Å². The van der Waals surface area contributed by atoms with Gasteiger partial charge in [-0.1, -0.05) is 72.3 Å². The average Bonchev–Trinajstić information content (AvgIpc) is 3.42. The molecule has 0 saturated carbocycles. The molecule has 198 valence electrons. The van der Waals surface area contributed by atoms with E-state index in [1.807, 2.05) is 12.1 Å². The molecule has 0 bridgehead atoms. The molecular formula is C28H23ClN4O4S2. The summed E-state index contributed by atoms with van der Waals surface area (Å²) in [5.41, 5.74) is -0.407. The van der Waals surface area contributed by atoms with Gasteiger partial charge in [-0.2, -0.15) is 12.8 Å². The van der Waals surface area contributed by atoms with Crippen molar-refractivity contribution in [3.63, 3.8) is 0 Å². The van der Waals surface area contributed by atoms with Crippen molar-refractivity contribution in [3.05, 3.63) is 119 Å². The minimum atomic E-state index is -4.21. The van der Waals surface area contributed by atoms with Gasteiger partial charge in [0.1, 0.15) is 5.60 Å². The Morgan fingerprint density at radius 3 is 2.28 bits per heavy atom. The Hall–Kier alpha value is -3.83. The molecule has 0 unspecified atom stereocenters. The van der Waals surface area contributed by atoms with Crippen LogP contribution in [0.4, 0.5) is 5.69 Å². The number of benzene rings is 3. The normalized spacial score (nSPS) is 12.7. The topological polar surface area (TPSA) is 121 Å². The predicted molar refractivity (Wildman–Crippen MR) is 152 cm³/mol. The predicted octanol–water partition coefficient (Wildman–Crippen LogP) is 5.20. The van der Waals surface area contributed by atoms with E-state index < -0.39 is 27.6 Å². The maximum absolute atomic E-state index is 13.6. The molecule has 0 saturated heterocycles. The van der Waals surface area contributed by atoms with Gasteiger partial charge in [-0.05, 0) is 53.8 Å². The van der Waals surface area contributed by atoms with Crippen molar-refractivity contribution in [3.8, 4) is 0 Å². The summed E-state index contributed by atoms with van der Waals surface area (Å²) in [5, 5.41) is 15.2. The number of aromatic nitrogens is 2. The molecule has 1 amide bonds. The minimum Gasteiger partial charge on any atom is -0.378 e. The Morgan fingerprint density at radius 1 is 1.00 bits per heavy atom. The number of nitrogens with one attached hydrogen (secondary N) is 2. The van der Waals surface area contributed by atoms with Crippen LogP contribution in [0.3, 0.4) is 0 Å². The number of nitrogens with zero attached hydrogens (tertiary/aromatic N) is 2. The molecule has 0 radical (unpaired) electrons. The van der Waals surface area contributed by atoms with Gasteiger partial charge >= 0.3 is 0 Å². The molecule has 5 aromatic rings. The van der Waals surface area contributed by atoms with Gasteiger partial charge in [-0.3, -0.25) is 9.52 Å². The van der Waals surface area contributed by atoms with Crippen molar-refractivity contribution in [2.24, 2.45) is 0 Å².